The monoisotopic (exact) mass is 608 g/mol. The van der Waals surface area contributed by atoms with Gasteiger partial charge >= 0.3 is 12.1 Å². The summed E-state index contributed by atoms with van der Waals surface area (Å²) >= 11 is 1.30. The molecule has 8 nitrogen and oxygen atoms in total. The molecule has 4 rings (SSSR count). The Morgan fingerprint density at radius 2 is 1.88 bits per heavy atom. The van der Waals surface area contributed by atoms with Gasteiger partial charge in [0.05, 0.1) is 16.9 Å². The van der Waals surface area contributed by atoms with Crippen LogP contribution in [0.25, 0.3) is 0 Å². The molecular formula is C29H32F4N4O4S. The van der Waals surface area contributed by atoms with E-state index in [1.165, 1.54) is 16.2 Å². The third-order valence-electron chi connectivity index (χ3n) is 7.14. The third-order valence-corrected chi connectivity index (χ3v) is 8.06. The lowest BCUT2D eigenvalue weighted by Crippen LogP contribution is -2.43. The fraction of sp³-hybridized carbons (Fsp3) is 0.448. The molecule has 0 aliphatic heterocycles. The molecule has 0 saturated heterocycles. The highest BCUT2D eigenvalue weighted by Gasteiger charge is 2.37. The Bertz CT molecular complexity index is 1450. The number of nitrogens with one attached hydrogen (secondary N) is 1. The lowest BCUT2D eigenvalue weighted by molar-refractivity contribution is -0.139. The number of amides is 1. The molecule has 1 aliphatic rings. The van der Waals surface area contributed by atoms with Crippen molar-refractivity contribution in [3.8, 4) is 11.6 Å². The van der Waals surface area contributed by atoms with Gasteiger partial charge in [-0.25, -0.2) is 19.2 Å². The number of nitrogens with zero attached hydrogens (tertiary/aromatic N) is 3. The summed E-state index contributed by atoms with van der Waals surface area (Å²) in [5, 5.41) is 15.2. The second-order valence-electron chi connectivity index (χ2n) is 10.8. The van der Waals surface area contributed by atoms with Crippen LogP contribution in [0.15, 0.2) is 29.8 Å². The van der Waals surface area contributed by atoms with Gasteiger partial charge in [-0.15, -0.1) is 11.3 Å². The summed E-state index contributed by atoms with van der Waals surface area (Å²) in [4.78, 5) is 34.9. The molecule has 0 unspecified atom stereocenters. The molecular weight excluding hydrogens is 576 g/mol. The van der Waals surface area contributed by atoms with Crippen molar-refractivity contribution >= 4 is 34.0 Å². The van der Waals surface area contributed by atoms with Crippen LogP contribution in [0.1, 0.15) is 73.6 Å². The Kier molecular flexibility index (Phi) is 9.39. The predicted octanol–water partition coefficient (Wildman–Crippen LogP) is 7.67. The van der Waals surface area contributed by atoms with E-state index in [0.29, 0.717) is 23.9 Å². The minimum Gasteiger partial charge on any atom is -0.478 e. The number of alkyl halides is 3. The van der Waals surface area contributed by atoms with Crippen LogP contribution in [0.4, 0.5) is 28.4 Å². The summed E-state index contributed by atoms with van der Waals surface area (Å²) in [7, 11) is 0. The number of carboxylic acids is 1. The average molecular weight is 609 g/mol. The lowest BCUT2D eigenvalue weighted by atomic mass is 9.82. The predicted molar refractivity (Wildman–Crippen MR) is 151 cm³/mol. The van der Waals surface area contributed by atoms with E-state index in [2.05, 4.69) is 22.2 Å². The normalized spacial score (nSPS) is 17.3. The van der Waals surface area contributed by atoms with E-state index >= 15 is 4.39 Å². The molecule has 2 aromatic heterocycles. The first kappa shape index (κ1) is 31.2. The number of aromatic nitrogens is 2. The Labute approximate surface area is 244 Å². The molecule has 0 bridgehead atoms. The highest BCUT2D eigenvalue weighted by molar-refractivity contribution is 7.13. The molecule has 1 amide bonds. The van der Waals surface area contributed by atoms with Gasteiger partial charge in [0.25, 0.3) is 0 Å². The molecule has 1 aliphatic carbocycles. The minimum absolute atomic E-state index is 0.00545. The summed E-state index contributed by atoms with van der Waals surface area (Å²) in [6, 6.07) is 1.93. The summed E-state index contributed by atoms with van der Waals surface area (Å²) in [6.45, 7) is 7.25. The number of carboxylic acid groups (broad SMARTS) is 1. The van der Waals surface area contributed by atoms with Crippen molar-refractivity contribution in [1.82, 2.24) is 9.97 Å². The summed E-state index contributed by atoms with van der Waals surface area (Å²) < 4.78 is 62.6. The van der Waals surface area contributed by atoms with Gasteiger partial charge in [-0.05, 0) is 64.0 Å². The fourth-order valence-corrected chi connectivity index (χ4v) is 5.63. The van der Waals surface area contributed by atoms with E-state index < -0.39 is 46.8 Å². The number of carbonyl (C=O) groups is 2. The molecule has 3 aromatic rings. The van der Waals surface area contributed by atoms with Crippen LogP contribution in [0, 0.1) is 24.6 Å². The van der Waals surface area contributed by atoms with Crippen LogP contribution in [0.3, 0.4) is 0 Å². The van der Waals surface area contributed by atoms with E-state index in [4.69, 9.17) is 4.74 Å². The number of thiazole rings is 1. The van der Waals surface area contributed by atoms with Gasteiger partial charge < -0.3 is 20.1 Å². The van der Waals surface area contributed by atoms with Crippen LogP contribution >= 0.6 is 11.3 Å². The van der Waals surface area contributed by atoms with Crippen molar-refractivity contribution in [2.24, 2.45) is 11.8 Å². The third kappa shape index (κ3) is 7.18. The summed E-state index contributed by atoms with van der Waals surface area (Å²) in [5.41, 5.74) is -0.992. The second-order valence-corrected chi connectivity index (χ2v) is 11.7. The molecule has 13 heteroatoms. The summed E-state index contributed by atoms with van der Waals surface area (Å²) in [5.74, 6) is -4.50. The van der Waals surface area contributed by atoms with Gasteiger partial charge in [-0.3, -0.25) is 4.79 Å². The largest absolute Gasteiger partial charge is 0.478 e. The van der Waals surface area contributed by atoms with Crippen molar-refractivity contribution in [2.75, 3.05) is 10.2 Å². The maximum atomic E-state index is 15.4. The zero-order chi connectivity index (χ0) is 30.8. The number of benzene rings is 1. The average Bonchev–Trinajstić information content (AvgIpc) is 3.33. The lowest BCUT2D eigenvalue weighted by Gasteiger charge is -2.34. The highest BCUT2D eigenvalue weighted by Crippen LogP contribution is 2.40. The van der Waals surface area contributed by atoms with Crippen LogP contribution in [0.5, 0.6) is 11.6 Å². The van der Waals surface area contributed by atoms with Crippen LogP contribution in [-0.4, -0.2) is 33.0 Å². The zero-order valence-corrected chi connectivity index (χ0v) is 24.4. The van der Waals surface area contributed by atoms with Crippen molar-refractivity contribution in [1.29, 1.82) is 0 Å². The van der Waals surface area contributed by atoms with Crippen LogP contribution < -0.4 is 15.0 Å². The number of anilines is 2. The Hall–Kier alpha value is -3.74. The van der Waals surface area contributed by atoms with Gasteiger partial charge in [0.1, 0.15) is 5.56 Å². The number of ether oxygens (including phenoxy) is 1. The summed E-state index contributed by atoms with van der Waals surface area (Å²) in [6.07, 6.45) is -0.786. The molecule has 0 atom stereocenters. The molecule has 226 valence electrons. The molecule has 42 heavy (non-hydrogen) atoms. The number of hydrogen-bond donors (Lipinski definition) is 2. The quantitative estimate of drug-likeness (QED) is 0.240. The first-order valence-corrected chi connectivity index (χ1v) is 14.4. The Morgan fingerprint density at radius 1 is 1.19 bits per heavy atom. The van der Waals surface area contributed by atoms with Gasteiger partial charge in [0.15, 0.2) is 16.7 Å². The van der Waals surface area contributed by atoms with Crippen molar-refractivity contribution in [3.05, 3.63) is 58.0 Å². The van der Waals surface area contributed by atoms with Crippen molar-refractivity contribution in [2.45, 2.75) is 72.1 Å². The second kappa shape index (κ2) is 12.6. The zero-order valence-electron chi connectivity index (χ0n) is 23.6. The van der Waals surface area contributed by atoms with E-state index in [-0.39, 0.29) is 29.6 Å². The SMILES string of the molecule is Cc1csc(NCc2cnc(Oc3cc(C(=O)O)c(N(C(=O)C4CCC(C)CC4)C(C)C)cc3F)c(C(F)(F)F)c2)n1. The molecule has 2 N–H and O–H groups in total. The van der Waals surface area contributed by atoms with Crippen LogP contribution in [0.2, 0.25) is 0 Å². The number of hydrogen-bond acceptors (Lipinski definition) is 7. The first-order valence-electron chi connectivity index (χ1n) is 13.5. The topological polar surface area (TPSA) is 105 Å². The van der Waals surface area contributed by atoms with E-state index in [1.54, 1.807) is 26.2 Å². The number of carbonyl (C=O) groups excluding carboxylic acids is 1. The smallest absolute Gasteiger partial charge is 0.421 e. The van der Waals surface area contributed by atoms with E-state index in [1.807, 2.05) is 0 Å². The van der Waals surface area contributed by atoms with Gasteiger partial charge in [0, 0.05) is 42.2 Å². The maximum absolute atomic E-state index is 15.4. The molecule has 1 fully saturated rings. The number of rotatable bonds is 9. The fourth-order valence-electron chi connectivity index (χ4n) is 4.94. The highest BCUT2D eigenvalue weighted by atomic mass is 32.1. The minimum atomic E-state index is -4.90. The standard InChI is InChI=1S/C29H32F4N4O4S/c1-15(2)37(26(38)19-7-5-16(3)6-8-19)23-11-22(30)24(10-20(23)27(39)40)41-25-21(29(31,32)33)9-18(12-34-25)13-35-28-36-17(4)14-42-28/h9-12,14-16,19H,5-8,13H2,1-4H3,(H,35,36)(H,39,40). The van der Waals surface area contributed by atoms with Crippen molar-refractivity contribution in [3.63, 3.8) is 0 Å². The number of aryl methyl sites for hydroxylation is 1. The number of aromatic carboxylic acids is 1. The number of halogens is 4. The number of pyridine rings is 1. The van der Waals surface area contributed by atoms with Gasteiger partial charge in [-0.2, -0.15) is 13.2 Å². The first-order chi connectivity index (χ1) is 19.7. The van der Waals surface area contributed by atoms with E-state index in [9.17, 15) is 27.9 Å². The van der Waals surface area contributed by atoms with Gasteiger partial charge in [-0.1, -0.05) is 6.92 Å². The Balaban J connectivity index is 1.65. The molecule has 1 saturated carbocycles. The van der Waals surface area contributed by atoms with Crippen molar-refractivity contribution < 1.29 is 37.0 Å². The van der Waals surface area contributed by atoms with Crippen LogP contribution in [-0.2, 0) is 17.5 Å². The molecule has 2 heterocycles. The van der Waals surface area contributed by atoms with E-state index in [0.717, 1.165) is 42.9 Å². The van der Waals surface area contributed by atoms with Gasteiger partial charge in [0.2, 0.25) is 11.8 Å². The Morgan fingerprint density at radius 3 is 2.45 bits per heavy atom. The maximum Gasteiger partial charge on any atom is 0.421 e. The molecule has 0 radical (unpaired) electrons. The molecule has 0 spiro atoms. The molecule has 1 aromatic carbocycles.